The van der Waals surface area contributed by atoms with Crippen LogP contribution in [0.15, 0.2) is 9.90 Å². The second kappa shape index (κ2) is 5.08. The summed E-state index contributed by atoms with van der Waals surface area (Å²) in [6.45, 7) is 2.35. The monoisotopic (exact) mass is 278 g/mol. The van der Waals surface area contributed by atoms with Crippen LogP contribution in [0, 0.1) is 6.92 Å². The predicted octanol–water partition coefficient (Wildman–Crippen LogP) is 1.68. The lowest BCUT2D eigenvalue weighted by molar-refractivity contribution is 0.0949. The zero-order chi connectivity index (χ0) is 13.2. The summed E-state index contributed by atoms with van der Waals surface area (Å²) in [5.41, 5.74) is 0.465. The standard InChI is InChI=1S/C12H14N4O2S/c1-7-14-9(6-19-7)12(17)13-5-4-10-15-11(16-18-10)8-2-3-8/h6,8H,2-5H2,1H3,(H,13,17). The molecule has 1 amide bonds. The Kier molecular flexibility index (Phi) is 3.29. The Hall–Kier alpha value is -1.76. The third-order valence-electron chi connectivity index (χ3n) is 2.90. The number of amides is 1. The number of thiazole rings is 1. The number of carbonyl (C=O) groups is 1. The number of hydrogen-bond donors (Lipinski definition) is 1. The number of aryl methyl sites for hydroxylation is 1. The molecule has 19 heavy (non-hydrogen) atoms. The van der Waals surface area contributed by atoms with Crippen LogP contribution < -0.4 is 5.32 Å². The van der Waals surface area contributed by atoms with Crippen molar-refractivity contribution in [2.45, 2.75) is 32.1 Å². The van der Waals surface area contributed by atoms with Crippen LogP contribution in [0.2, 0.25) is 0 Å². The van der Waals surface area contributed by atoms with Gasteiger partial charge in [0.2, 0.25) is 5.89 Å². The molecule has 2 aromatic heterocycles. The molecule has 0 radical (unpaired) electrons. The third-order valence-corrected chi connectivity index (χ3v) is 3.68. The van der Waals surface area contributed by atoms with Gasteiger partial charge in [0, 0.05) is 24.3 Å². The van der Waals surface area contributed by atoms with Crippen LogP contribution in [0.25, 0.3) is 0 Å². The van der Waals surface area contributed by atoms with E-state index in [9.17, 15) is 4.79 Å². The van der Waals surface area contributed by atoms with E-state index in [0.717, 1.165) is 23.7 Å². The van der Waals surface area contributed by atoms with Gasteiger partial charge in [0.15, 0.2) is 5.82 Å². The molecule has 1 aliphatic carbocycles. The Morgan fingerprint density at radius 2 is 2.37 bits per heavy atom. The molecule has 1 aliphatic rings. The lowest BCUT2D eigenvalue weighted by atomic mass is 10.3. The number of nitrogens with zero attached hydrogens (tertiary/aromatic N) is 3. The van der Waals surface area contributed by atoms with Gasteiger partial charge in [0.05, 0.1) is 5.01 Å². The van der Waals surface area contributed by atoms with Gasteiger partial charge in [-0.15, -0.1) is 11.3 Å². The molecule has 100 valence electrons. The molecule has 1 saturated carbocycles. The summed E-state index contributed by atoms with van der Waals surface area (Å²) in [6, 6.07) is 0. The largest absolute Gasteiger partial charge is 0.350 e. The van der Waals surface area contributed by atoms with Crippen LogP contribution in [-0.4, -0.2) is 27.6 Å². The van der Waals surface area contributed by atoms with Gasteiger partial charge in [0.25, 0.3) is 5.91 Å². The van der Waals surface area contributed by atoms with Gasteiger partial charge >= 0.3 is 0 Å². The summed E-state index contributed by atoms with van der Waals surface area (Å²) >= 11 is 1.46. The number of rotatable bonds is 5. The first kappa shape index (κ1) is 12.3. The average Bonchev–Trinajstić information content (AvgIpc) is 2.98. The number of nitrogens with one attached hydrogen (secondary N) is 1. The first-order valence-corrected chi connectivity index (χ1v) is 7.13. The van der Waals surface area contributed by atoms with Crippen molar-refractivity contribution in [3.05, 3.63) is 27.8 Å². The fourth-order valence-electron chi connectivity index (χ4n) is 1.72. The minimum atomic E-state index is -0.161. The normalized spacial score (nSPS) is 14.6. The highest BCUT2D eigenvalue weighted by atomic mass is 32.1. The molecule has 1 fully saturated rings. The van der Waals surface area contributed by atoms with Crippen LogP contribution in [0.1, 0.15) is 46.0 Å². The molecule has 0 saturated heterocycles. The van der Waals surface area contributed by atoms with Gasteiger partial charge in [-0.2, -0.15) is 4.98 Å². The highest BCUT2D eigenvalue weighted by molar-refractivity contribution is 7.09. The van der Waals surface area contributed by atoms with Crippen molar-refractivity contribution in [1.82, 2.24) is 20.4 Å². The zero-order valence-electron chi connectivity index (χ0n) is 10.5. The van der Waals surface area contributed by atoms with E-state index in [1.54, 1.807) is 5.38 Å². The zero-order valence-corrected chi connectivity index (χ0v) is 11.4. The van der Waals surface area contributed by atoms with Crippen molar-refractivity contribution in [1.29, 1.82) is 0 Å². The van der Waals surface area contributed by atoms with E-state index >= 15 is 0 Å². The number of hydrogen-bond acceptors (Lipinski definition) is 6. The lowest BCUT2D eigenvalue weighted by Crippen LogP contribution is -2.26. The Morgan fingerprint density at radius 3 is 3.05 bits per heavy atom. The van der Waals surface area contributed by atoms with Gasteiger partial charge in [-0.25, -0.2) is 4.98 Å². The summed E-state index contributed by atoms with van der Waals surface area (Å²) in [7, 11) is 0. The average molecular weight is 278 g/mol. The van der Waals surface area contributed by atoms with Crippen molar-refractivity contribution in [2.24, 2.45) is 0 Å². The summed E-state index contributed by atoms with van der Waals surface area (Å²) < 4.78 is 5.13. The molecule has 2 heterocycles. The second-order valence-electron chi connectivity index (χ2n) is 4.58. The maximum absolute atomic E-state index is 11.7. The van der Waals surface area contributed by atoms with Crippen molar-refractivity contribution in [2.75, 3.05) is 6.54 Å². The molecular formula is C12H14N4O2S. The van der Waals surface area contributed by atoms with E-state index in [1.807, 2.05) is 6.92 Å². The molecule has 0 spiro atoms. The first-order chi connectivity index (χ1) is 9.22. The quantitative estimate of drug-likeness (QED) is 0.900. The number of carbonyl (C=O) groups excluding carboxylic acids is 1. The molecule has 2 aromatic rings. The van der Waals surface area contributed by atoms with Gasteiger partial charge in [-0.3, -0.25) is 4.79 Å². The summed E-state index contributed by atoms with van der Waals surface area (Å²) in [6.07, 6.45) is 2.85. The van der Waals surface area contributed by atoms with E-state index in [0.29, 0.717) is 30.5 Å². The van der Waals surface area contributed by atoms with E-state index < -0.39 is 0 Å². The van der Waals surface area contributed by atoms with Gasteiger partial charge < -0.3 is 9.84 Å². The Bertz CT molecular complexity index is 588. The fraction of sp³-hybridized carbons (Fsp3) is 0.500. The van der Waals surface area contributed by atoms with Crippen molar-refractivity contribution in [3.63, 3.8) is 0 Å². The molecule has 3 rings (SSSR count). The Balaban J connectivity index is 1.48. The SMILES string of the molecule is Cc1nc(C(=O)NCCc2nc(C3CC3)no2)cs1. The molecule has 0 bridgehead atoms. The summed E-state index contributed by atoms with van der Waals surface area (Å²) in [5.74, 6) is 1.71. The lowest BCUT2D eigenvalue weighted by Gasteiger charge is -1.99. The maximum atomic E-state index is 11.7. The maximum Gasteiger partial charge on any atom is 0.270 e. The van der Waals surface area contributed by atoms with Crippen molar-refractivity contribution in [3.8, 4) is 0 Å². The second-order valence-corrected chi connectivity index (χ2v) is 5.64. The summed E-state index contributed by atoms with van der Waals surface area (Å²) in [5, 5.41) is 9.36. The van der Waals surface area contributed by atoms with Gasteiger partial charge in [-0.05, 0) is 19.8 Å². The molecule has 0 unspecified atom stereocenters. The molecular weight excluding hydrogens is 264 g/mol. The highest BCUT2D eigenvalue weighted by Crippen LogP contribution is 2.38. The van der Waals surface area contributed by atoms with Crippen LogP contribution in [0.3, 0.4) is 0 Å². The molecule has 0 aromatic carbocycles. The minimum Gasteiger partial charge on any atom is -0.350 e. The topological polar surface area (TPSA) is 80.9 Å². The molecule has 6 nitrogen and oxygen atoms in total. The van der Waals surface area contributed by atoms with Gasteiger partial charge in [-0.1, -0.05) is 5.16 Å². The van der Waals surface area contributed by atoms with Crippen LogP contribution in [0.5, 0.6) is 0 Å². The van der Waals surface area contributed by atoms with Crippen LogP contribution >= 0.6 is 11.3 Å². The molecule has 0 atom stereocenters. The Labute approximate surface area is 114 Å². The van der Waals surface area contributed by atoms with Crippen LogP contribution in [0.4, 0.5) is 0 Å². The van der Waals surface area contributed by atoms with Crippen LogP contribution in [-0.2, 0) is 6.42 Å². The predicted molar refractivity (Wildman–Crippen MR) is 69.2 cm³/mol. The number of aromatic nitrogens is 3. The molecule has 7 heteroatoms. The van der Waals surface area contributed by atoms with E-state index in [2.05, 4.69) is 20.4 Å². The fourth-order valence-corrected chi connectivity index (χ4v) is 2.31. The molecule has 1 N–H and O–H groups in total. The van der Waals surface area contributed by atoms with Gasteiger partial charge in [0.1, 0.15) is 5.69 Å². The summed E-state index contributed by atoms with van der Waals surface area (Å²) in [4.78, 5) is 20.2. The van der Waals surface area contributed by atoms with Crippen molar-refractivity contribution < 1.29 is 9.32 Å². The van der Waals surface area contributed by atoms with E-state index in [4.69, 9.17) is 4.52 Å². The minimum absolute atomic E-state index is 0.161. The first-order valence-electron chi connectivity index (χ1n) is 6.25. The Morgan fingerprint density at radius 1 is 1.53 bits per heavy atom. The van der Waals surface area contributed by atoms with Crippen molar-refractivity contribution >= 4 is 17.2 Å². The molecule has 0 aliphatic heterocycles. The van der Waals surface area contributed by atoms with E-state index in [-0.39, 0.29) is 5.91 Å². The third kappa shape index (κ3) is 2.98. The highest BCUT2D eigenvalue weighted by Gasteiger charge is 2.28. The smallest absolute Gasteiger partial charge is 0.270 e. The van der Waals surface area contributed by atoms with E-state index in [1.165, 1.54) is 11.3 Å².